The summed E-state index contributed by atoms with van der Waals surface area (Å²) in [5, 5.41) is 10.7. The minimum Gasteiger partial charge on any atom is -0.449 e. The van der Waals surface area contributed by atoms with Crippen molar-refractivity contribution < 1.29 is 22.9 Å². The van der Waals surface area contributed by atoms with E-state index in [4.69, 9.17) is 0 Å². The highest BCUT2D eigenvalue weighted by Gasteiger charge is 2.25. The Morgan fingerprint density at radius 1 is 1.39 bits per heavy atom. The van der Waals surface area contributed by atoms with Crippen LogP contribution in [0.1, 0.15) is 0 Å². The first-order chi connectivity index (χ1) is 8.34. The molecule has 1 rings (SSSR count). The number of primary amides is 1. The van der Waals surface area contributed by atoms with Crippen LogP contribution in [0.4, 0.5) is 10.5 Å². The SMILES string of the molecule is NC(=O)OCCS(=O)(=O)c1ccccc1[N+](=O)[O-]. The molecular formula is C9H10N2O6S. The molecule has 0 aliphatic rings. The molecule has 0 spiro atoms. The number of ether oxygens (including phenoxy) is 1. The maximum atomic E-state index is 11.8. The number of benzene rings is 1. The first kappa shape index (κ1) is 13.9. The fraction of sp³-hybridized carbons (Fsp3) is 0.222. The van der Waals surface area contributed by atoms with Gasteiger partial charge in [0, 0.05) is 6.07 Å². The van der Waals surface area contributed by atoms with E-state index < -0.39 is 43.8 Å². The molecule has 0 saturated heterocycles. The largest absolute Gasteiger partial charge is 0.449 e. The van der Waals surface area contributed by atoms with E-state index in [0.29, 0.717) is 0 Å². The summed E-state index contributed by atoms with van der Waals surface area (Å²) in [6.07, 6.45) is -1.10. The molecule has 1 aromatic rings. The number of rotatable bonds is 5. The lowest BCUT2D eigenvalue weighted by Crippen LogP contribution is -2.19. The van der Waals surface area contributed by atoms with Crippen molar-refractivity contribution in [2.24, 2.45) is 5.73 Å². The monoisotopic (exact) mass is 274 g/mol. The third-order valence-corrected chi connectivity index (χ3v) is 3.71. The standard InChI is InChI=1S/C9H10N2O6S/c10-9(12)17-5-6-18(15,16)8-4-2-1-3-7(8)11(13)14/h1-4H,5-6H2,(H2,10,12). The van der Waals surface area contributed by atoms with Crippen molar-refractivity contribution in [2.75, 3.05) is 12.4 Å². The van der Waals surface area contributed by atoms with E-state index in [9.17, 15) is 23.3 Å². The zero-order valence-corrected chi connectivity index (χ0v) is 9.92. The fourth-order valence-corrected chi connectivity index (χ4v) is 2.50. The molecule has 8 nitrogen and oxygen atoms in total. The van der Waals surface area contributed by atoms with Gasteiger partial charge in [0.05, 0.1) is 10.7 Å². The second-order valence-electron chi connectivity index (χ2n) is 3.21. The number of nitro benzene ring substituents is 1. The van der Waals surface area contributed by atoms with Gasteiger partial charge < -0.3 is 10.5 Å². The third kappa shape index (κ3) is 3.42. The first-order valence-electron chi connectivity index (χ1n) is 4.73. The zero-order valence-electron chi connectivity index (χ0n) is 9.11. The first-order valence-corrected chi connectivity index (χ1v) is 6.38. The van der Waals surface area contributed by atoms with E-state index in [1.807, 2.05) is 0 Å². The van der Waals surface area contributed by atoms with Crippen LogP contribution in [0.2, 0.25) is 0 Å². The molecule has 0 unspecified atom stereocenters. The molecule has 0 heterocycles. The van der Waals surface area contributed by atoms with Crippen LogP contribution < -0.4 is 5.73 Å². The van der Waals surface area contributed by atoms with Gasteiger partial charge in [-0.3, -0.25) is 10.1 Å². The predicted molar refractivity (Wildman–Crippen MR) is 60.7 cm³/mol. The molecule has 0 bridgehead atoms. The molecule has 1 amide bonds. The molecule has 0 fully saturated rings. The smallest absolute Gasteiger partial charge is 0.404 e. The summed E-state index contributed by atoms with van der Waals surface area (Å²) in [5.41, 5.74) is 4.16. The number of nitro groups is 1. The summed E-state index contributed by atoms with van der Waals surface area (Å²) in [6.45, 7) is -0.455. The normalized spacial score (nSPS) is 10.9. The van der Waals surface area contributed by atoms with Gasteiger partial charge in [-0.15, -0.1) is 0 Å². The number of para-hydroxylation sites is 1. The van der Waals surface area contributed by atoms with Gasteiger partial charge >= 0.3 is 6.09 Å². The van der Waals surface area contributed by atoms with E-state index in [0.717, 1.165) is 12.1 Å². The number of nitrogens with two attached hydrogens (primary N) is 1. The Kier molecular flexibility index (Phi) is 4.21. The van der Waals surface area contributed by atoms with Gasteiger partial charge in [-0.1, -0.05) is 12.1 Å². The second kappa shape index (κ2) is 5.45. The maximum Gasteiger partial charge on any atom is 0.404 e. The fourth-order valence-electron chi connectivity index (χ4n) is 1.23. The molecule has 0 atom stereocenters. The van der Waals surface area contributed by atoms with E-state index in [-0.39, 0.29) is 0 Å². The van der Waals surface area contributed by atoms with Crippen molar-refractivity contribution in [3.8, 4) is 0 Å². The van der Waals surface area contributed by atoms with Crippen LogP contribution in [0, 0.1) is 10.1 Å². The lowest BCUT2D eigenvalue weighted by Gasteiger charge is -2.05. The average Bonchev–Trinajstić information content (AvgIpc) is 2.28. The van der Waals surface area contributed by atoms with Gasteiger partial charge in [0.25, 0.3) is 5.69 Å². The molecule has 2 N–H and O–H groups in total. The van der Waals surface area contributed by atoms with Crippen molar-refractivity contribution in [2.45, 2.75) is 4.90 Å². The summed E-state index contributed by atoms with van der Waals surface area (Å²) >= 11 is 0. The predicted octanol–water partition coefficient (Wildman–Crippen LogP) is 0.464. The lowest BCUT2D eigenvalue weighted by molar-refractivity contribution is -0.387. The van der Waals surface area contributed by atoms with Crippen LogP contribution in [-0.4, -0.2) is 31.8 Å². The second-order valence-corrected chi connectivity index (χ2v) is 5.29. The van der Waals surface area contributed by atoms with Gasteiger partial charge in [0.1, 0.15) is 11.5 Å². The highest BCUT2D eigenvalue weighted by atomic mass is 32.2. The molecule has 0 aromatic heterocycles. The molecule has 0 aliphatic heterocycles. The highest BCUT2D eigenvalue weighted by Crippen LogP contribution is 2.23. The number of sulfone groups is 1. The van der Waals surface area contributed by atoms with Crippen molar-refractivity contribution >= 4 is 21.6 Å². The number of carbonyl (C=O) groups excluding carboxylic acids is 1. The van der Waals surface area contributed by atoms with E-state index in [1.54, 1.807) is 0 Å². The Bertz CT molecular complexity index is 568. The number of hydrogen-bond donors (Lipinski definition) is 1. The minimum absolute atomic E-state index is 0.414. The van der Waals surface area contributed by atoms with Crippen LogP contribution in [0.5, 0.6) is 0 Å². The number of hydrogen-bond acceptors (Lipinski definition) is 6. The van der Waals surface area contributed by atoms with Gasteiger partial charge in [0.2, 0.25) is 0 Å². The van der Waals surface area contributed by atoms with E-state index >= 15 is 0 Å². The Labute approximate surface area is 102 Å². The van der Waals surface area contributed by atoms with E-state index in [1.165, 1.54) is 12.1 Å². The lowest BCUT2D eigenvalue weighted by atomic mass is 10.3. The Morgan fingerprint density at radius 2 is 2.00 bits per heavy atom. The summed E-state index contributed by atoms with van der Waals surface area (Å²) in [7, 11) is -3.91. The number of amides is 1. The van der Waals surface area contributed by atoms with Gasteiger partial charge in [-0.05, 0) is 6.07 Å². The highest BCUT2D eigenvalue weighted by molar-refractivity contribution is 7.91. The van der Waals surface area contributed by atoms with Crippen LogP contribution in [0.15, 0.2) is 29.2 Å². The molecule has 0 aliphatic carbocycles. The number of carbonyl (C=O) groups is 1. The molecule has 1 aromatic carbocycles. The van der Waals surface area contributed by atoms with Gasteiger partial charge in [-0.25, -0.2) is 13.2 Å². The van der Waals surface area contributed by atoms with Crippen molar-refractivity contribution in [1.29, 1.82) is 0 Å². The minimum atomic E-state index is -3.91. The quantitative estimate of drug-likeness (QED) is 0.613. The molecule has 0 saturated carbocycles. The zero-order chi connectivity index (χ0) is 13.8. The molecule has 0 radical (unpaired) electrons. The van der Waals surface area contributed by atoms with Crippen LogP contribution in [0.3, 0.4) is 0 Å². The van der Waals surface area contributed by atoms with Crippen molar-refractivity contribution in [1.82, 2.24) is 0 Å². The number of nitrogens with zero attached hydrogens (tertiary/aromatic N) is 1. The summed E-state index contributed by atoms with van der Waals surface area (Å²) in [6, 6.07) is 4.94. The third-order valence-electron chi connectivity index (χ3n) is 1.99. The van der Waals surface area contributed by atoms with Gasteiger partial charge in [0.15, 0.2) is 9.84 Å². The Hall–Kier alpha value is -2.16. The van der Waals surface area contributed by atoms with E-state index in [2.05, 4.69) is 10.5 Å². The molecule has 98 valence electrons. The average molecular weight is 274 g/mol. The Morgan fingerprint density at radius 3 is 2.56 bits per heavy atom. The molecular weight excluding hydrogens is 264 g/mol. The van der Waals surface area contributed by atoms with Gasteiger partial charge in [-0.2, -0.15) is 0 Å². The van der Waals surface area contributed by atoms with Crippen molar-refractivity contribution in [3.63, 3.8) is 0 Å². The summed E-state index contributed by atoms with van der Waals surface area (Å²) in [5.74, 6) is -0.569. The van der Waals surface area contributed by atoms with Crippen LogP contribution in [0.25, 0.3) is 0 Å². The summed E-state index contributed by atoms with van der Waals surface area (Å²) in [4.78, 5) is 19.8. The van der Waals surface area contributed by atoms with Crippen molar-refractivity contribution in [3.05, 3.63) is 34.4 Å². The van der Waals surface area contributed by atoms with Crippen LogP contribution in [-0.2, 0) is 14.6 Å². The summed E-state index contributed by atoms with van der Waals surface area (Å²) < 4.78 is 27.9. The molecule has 9 heteroatoms. The maximum absolute atomic E-state index is 11.8. The molecule has 18 heavy (non-hydrogen) atoms. The Balaban J connectivity index is 2.98. The van der Waals surface area contributed by atoms with Crippen LogP contribution >= 0.6 is 0 Å². The topological polar surface area (TPSA) is 130 Å².